The van der Waals surface area contributed by atoms with Crippen molar-refractivity contribution in [3.05, 3.63) is 84.3 Å². The molecular weight excluding hydrogens is 325 g/mol. The number of hydrogen-bond donors (Lipinski definition) is 2. The van der Waals surface area contributed by atoms with Crippen LogP contribution in [-0.4, -0.2) is 4.98 Å². The Morgan fingerprint density at radius 1 is 0.962 bits per heavy atom. The summed E-state index contributed by atoms with van der Waals surface area (Å²) in [5, 5.41) is 5.15. The third kappa shape index (κ3) is 2.86. The largest absolute Gasteiger partial charge is 0.399 e. The molecule has 4 aromatic rings. The second-order valence-electron chi connectivity index (χ2n) is 6.25. The highest BCUT2D eigenvalue weighted by atomic mass is 19.1. The van der Waals surface area contributed by atoms with Crippen molar-refractivity contribution in [2.45, 2.75) is 6.92 Å². The molecule has 1 heterocycles. The Hall–Kier alpha value is -3.40. The fraction of sp³-hybridized carbons (Fsp3) is 0.0455. The van der Waals surface area contributed by atoms with Crippen molar-refractivity contribution in [3.8, 4) is 11.1 Å². The molecule has 1 aromatic heterocycles. The molecule has 4 heteroatoms. The average Bonchev–Trinajstić information content (AvgIpc) is 2.64. The number of nitrogens with one attached hydrogen (secondary N) is 1. The molecule has 0 aliphatic heterocycles. The minimum atomic E-state index is -0.309. The van der Waals surface area contributed by atoms with E-state index in [-0.39, 0.29) is 5.82 Å². The van der Waals surface area contributed by atoms with Gasteiger partial charge >= 0.3 is 0 Å². The van der Waals surface area contributed by atoms with Crippen LogP contribution < -0.4 is 11.1 Å². The lowest BCUT2D eigenvalue weighted by atomic mass is 9.97. The molecule has 0 spiro atoms. The summed E-state index contributed by atoms with van der Waals surface area (Å²) >= 11 is 0. The van der Waals surface area contributed by atoms with E-state index in [4.69, 9.17) is 5.73 Å². The van der Waals surface area contributed by atoms with Gasteiger partial charge in [0.2, 0.25) is 0 Å². The van der Waals surface area contributed by atoms with Gasteiger partial charge in [-0.25, -0.2) is 9.37 Å². The lowest BCUT2D eigenvalue weighted by Crippen LogP contribution is -1.99. The van der Waals surface area contributed by atoms with E-state index in [0.29, 0.717) is 17.2 Å². The van der Waals surface area contributed by atoms with Gasteiger partial charge in [0.25, 0.3) is 0 Å². The maximum absolute atomic E-state index is 14.1. The van der Waals surface area contributed by atoms with E-state index in [9.17, 15) is 4.39 Å². The number of aryl methyl sites for hydroxylation is 1. The lowest BCUT2D eigenvalue weighted by molar-refractivity contribution is 0.632. The van der Waals surface area contributed by atoms with E-state index in [1.807, 2.05) is 43.3 Å². The maximum atomic E-state index is 14.1. The monoisotopic (exact) mass is 343 g/mol. The molecule has 128 valence electrons. The van der Waals surface area contributed by atoms with E-state index in [2.05, 4.69) is 16.4 Å². The maximum Gasteiger partial charge on any atom is 0.146 e. The van der Waals surface area contributed by atoms with Crippen LogP contribution in [0.15, 0.2) is 72.9 Å². The van der Waals surface area contributed by atoms with Gasteiger partial charge in [-0.3, -0.25) is 0 Å². The number of hydrogen-bond acceptors (Lipinski definition) is 3. The molecule has 0 amide bonds. The van der Waals surface area contributed by atoms with Gasteiger partial charge in [0.1, 0.15) is 11.6 Å². The molecule has 0 fully saturated rings. The van der Waals surface area contributed by atoms with Crippen LogP contribution in [-0.2, 0) is 0 Å². The summed E-state index contributed by atoms with van der Waals surface area (Å²) in [5.41, 5.74) is 10.1. The zero-order chi connectivity index (χ0) is 18.1. The zero-order valence-corrected chi connectivity index (χ0v) is 14.3. The topological polar surface area (TPSA) is 50.9 Å². The predicted molar refractivity (Wildman–Crippen MR) is 106 cm³/mol. The number of nitrogen functional groups attached to an aromatic ring is 1. The van der Waals surface area contributed by atoms with Crippen LogP contribution in [0.4, 0.5) is 21.6 Å². The van der Waals surface area contributed by atoms with Crippen molar-refractivity contribution in [2.24, 2.45) is 0 Å². The SMILES string of the molecule is Cc1cccc2c(-c3cccc(N)c3)cnc(Nc3ccccc3F)c12. The second kappa shape index (κ2) is 6.48. The van der Waals surface area contributed by atoms with Crippen molar-refractivity contribution in [2.75, 3.05) is 11.1 Å². The van der Waals surface area contributed by atoms with Crippen LogP contribution in [0.1, 0.15) is 5.56 Å². The van der Waals surface area contributed by atoms with E-state index in [1.54, 1.807) is 24.4 Å². The number of fused-ring (bicyclic) bond motifs is 1. The third-order valence-electron chi connectivity index (χ3n) is 4.45. The molecule has 0 saturated heterocycles. The van der Waals surface area contributed by atoms with Crippen molar-refractivity contribution < 1.29 is 4.39 Å². The molecule has 3 nitrogen and oxygen atoms in total. The van der Waals surface area contributed by atoms with Crippen LogP contribution in [0.5, 0.6) is 0 Å². The molecule has 0 aliphatic carbocycles. The molecular formula is C22H18FN3. The number of nitrogens with two attached hydrogens (primary N) is 1. The molecule has 26 heavy (non-hydrogen) atoms. The van der Waals surface area contributed by atoms with E-state index in [0.717, 1.165) is 27.5 Å². The normalized spacial score (nSPS) is 10.8. The number of halogens is 1. The Balaban J connectivity index is 1.92. The van der Waals surface area contributed by atoms with Crippen molar-refractivity contribution in [3.63, 3.8) is 0 Å². The Bertz CT molecular complexity index is 1110. The Labute approximate surface area is 151 Å². The standard InChI is InChI=1S/C22H18FN3/c1-14-6-4-9-17-18(15-7-5-8-16(24)12-15)13-25-22(21(14)17)26-20-11-3-2-10-19(20)23/h2-13H,24H2,1H3,(H,25,26). The van der Waals surface area contributed by atoms with Crippen LogP contribution in [0.2, 0.25) is 0 Å². The molecule has 0 atom stereocenters. The predicted octanol–water partition coefficient (Wildman–Crippen LogP) is 5.68. The third-order valence-corrected chi connectivity index (χ3v) is 4.45. The Morgan fingerprint density at radius 2 is 1.77 bits per heavy atom. The molecule has 0 saturated carbocycles. The Kier molecular flexibility index (Phi) is 4.01. The number of anilines is 3. The first-order chi connectivity index (χ1) is 12.6. The number of para-hydroxylation sites is 1. The van der Waals surface area contributed by atoms with Crippen LogP contribution in [0.3, 0.4) is 0 Å². The highest BCUT2D eigenvalue weighted by molar-refractivity contribution is 6.04. The van der Waals surface area contributed by atoms with Crippen LogP contribution >= 0.6 is 0 Å². The Morgan fingerprint density at radius 3 is 2.58 bits per heavy atom. The quantitative estimate of drug-likeness (QED) is 0.471. The second-order valence-corrected chi connectivity index (χ2v) is 6.25. The summed E-state index contributed by atoms with van der Waals surface area (Å²) in [7, 11) is 0. The van der Waals surface area contributed by atoms with E-state index in [1.165, 1.54) is 6.07 Å². The molecule has 0 radical (unpaired) electrons. The summed E-state index contributed by atoms with van der Waals surface area (Å²) in [6.45, 7) is 2.03. The molecule has 3 aromatic carbocycles. The summed E-state index contributed by atoms with van der Waals surface area (Å²) in [5.74, 6) is 0.326. The zero-order valence-electron chi connectivity index (χ0n) is 14.3. The highest BCUT2D eigenvalue weighted by Crippen LogP contribution is 2.35. The summed E-state index contributed by atoms with van der Waals surface area (Å²) < 4.78 is 14.1. The first kappa shape index (κ1) is 16.1. The van der Waals surface area contributed by atoms with Gasteiger partial charge in [-0.2, -0.15) is 0 Å². The van der Waals surface area contributed by atoms with Gasteiger partial charge in [0, 0.05) is 22.8 Å². The van der Waals surface area contributed by atoms with Gasteiger partial charge in [-0.05, 0) is 47.7 Å². The van der Waals surface area contributed by atoms with E-state index >= 15 is 0 Å². The number of nitrogens with zero attached hydrogens (tertiary/aromatic N) is 1. The van der Waals surface area contributed by atoms with Gasteiger partial charge in [0.15, 0.2) is 0 Å². The summed E-state index contributed by atoms with van der Waals surface area (Å²) in [6, 6.07) is 20.4. The molecule has 3 N–H and O–H groups in total. The van der Waals surface area contributed by atoms with Gasteiger partial charge < -0.3 is 11.1 Å². The fourth-order valence-corrected chi connectivity index (χ4v) is 3.19. The van der Waals surface area contributed by atoms with E-state index < -0.39 is 0 Å². The average molecular weight is 343 g/mol. The molecule has 0 unspecified atom stereocenters. The highest BCUT2D eigenvalue weighted by Gasteiger charge is 2.13. The number of benzene rings is 3. The lowest BCUT2D eigenvalue weighted by Gasteiger charge is -2.15. The first-order valence-electron chi connectivity index (χ1n) is 8.39. The van der Waals surface area contributed by atoms with Crippen LogP contribution in [0.25, 0.3) is 21.9 Å². The van der Waals surface area contributed by atoms with Crippen molar-refractivity contribution in [1.29, 1.82) is 0 Å². The minimum Gasteiger partial charge on any atom is -0.399 e. The molecule has 4 rings (SSSR count). The van der Waals surface area contributed by atoms with Crippen molar-refractivity contribution in [1.82, 2.24) is 4.98 Å². The summed E-state index contributed by atoms with van der Waals surface area (Å²) in [4.78, 5) is 4.59. The first-order valence-corrected chi connectivity index (χ1v) is 8.39. The van der Waals surface area contributed by atoms with Gasteiger partial charge in [0.05, 0.1) is 5.69 Å². The van der Waals surface area contributed by atoms with Gasteiger partial charge in [-0.1, -0.05) is 42.5 Å². The number of aromatic nitrogens is 1. The molecule has 0 aliphatic rings. The minimum absolute atomic E-state index is 0.309. The van der Waals surface area contributed by atoms with Crippen molar-refractivity contribution >= 4 is 28.0 Å². The number of rotatable bonds is 3. The van der Waals surface area contributed by atoms with Gasteiger partial charge in [-0.15, -0.1) is 0 Å². The van der Waals surface area contributed by atoms with Crippen LogP contribution in [0, 0.1) is 12.7 Å². The smallest absolute Gasteiger partial charge is 0.146 e. The summed E-state index contributed by atoms with van der Waals surface area (Å²) in [6.07, 6.45) is 1.81. The number of pyridine rings is 1. The molecule has 0 bridgehead atoms. The fourth-order valence-electron chi connectivity index (χ4n) is 3.19.